The minimum Gasteiger partial charge on any atom is -0.508 e. The Balaban J connectivity index is 1.70. The van der Waals surface area contributed by atoms with Crippen molar-refractivity contribution in [2.24, 2.45) is 0 Å². The standard InChI is InChI=1S/C24H22N2O3S/c1-16-6-12-19(13-7-16)30(28,29)26-15-14-21-20-4-2-3-5-22(20)25-23(21)24(26)17-8-10-18(27)11-9-17/h2-13,24-25,27H,14-15H2,1H3. The van der Waals surface area contributed by atoms with Crippen LogP contribution in [0.2, 0.25) is 0 Å². The van der Waals surface area contributed by atoms with E-state index in [-0.39, 0.29) is 10.6 Å². The van der Waals surface area contributed by atoms with Crippen LogP contribution in [-0.4, -0.2) is 29.4 Å². The second kappa shape index (κ2) is 7.00. The van der Waals surface area contributed by atoms with E-state index in [1.54, 1.807) is 40.7 Å². The largest absolute Gasteiger partial charge is 0.508 e. The number of hydrogen-bond acceptors (Lipinski definition) is 3. The van der Waals surface area contributed by atoms with Gasteiger partial charge in [0.05, 0.1) is 10.9 Å². The molecule has 1 aromatic heterocycles. The highest BCUT2D eigenvalue weighted by Crippen LogP contribution is 2.41. The number of H-pyrrole nitrogens is 1. The topological polar surface area (TPSA) is 73.4 Å². The van der Waals surface area contributed by atoms with E-state index >= 15 is 0 Å². The first-order valence-corrected chi connectivity index (χ1v) is 11.4. The van der Waals surface area contributed by atoms with Gasteiger partial charge >= 0.3 is 0 Å². The lowest BCUT2D eigenvalue weighted by Crippen LogP contribution is -2.40. The molecule has 0 amide bonds. The molecule has 2 heterocycles. The number of nitrogens with one attached hydrogen (secondary N) is 1. The van der Waals surface area contributed by atoms with Crippen LogP contribution in [0.4, 0.5) is 0 Å². The zero-order valence-corrected chi connectivity index (χ0v) is 17.4. The molecule has 0 fully saturated rings. The molecule has 1 aliphatic heterocycles. The average Bonchev–Trinajstić information content (AvgIpc) is 3.13. The number of aromatic nitrogens is 1. The molecule has 152 valence electrons. The summed E-state index contributed by atoms with van der Waals surface area (Å²) >= 11 is 0. The molecule has 5 nitrogen and oxygen atoms in total. The third-order valence-electron chi connectivity index (χ3n) is 5.83. The van der Waals surface area contributed by atoms with Crippen molar-refractivity contribution in [3.8, 4) is 5.75 Å². The molecule has 0 bridgehead atoms. The van der Waals surface area contributed by atoms with Crippen molar-refractivity contribution >= 4 is 20.9 Å². The lowest BCUT2D eigenvalue weighted by Gasteiger charge is -2.35. The molecule has 0 aliphatic carbocycles. The van der Waals surface area contributed by atoms with E-state index < -0.39 is 16.1 Å². The van der Waals surface area contributed by atoms with Crippen molar-refractivity contribution < 1.29 is 13.5 Å². The molecule has 4 aromatic rings. The van der Waals surface area contributed by atoms with Crippen LogP contribution in [0.25, 0.3) is 10.9 Å². The fraction of sp³-hybridized carbons (Fsp3) is 0.167. The van der Waals surface area contributed by atoms with Crippen LogP contribution >= 0.6 is 0 Å². The molecule has 0 saturated heterocycles. The van der Waals surface area contributed by atoms with Crippen molar-refractivity contribution in [2.75, 3.05) is 6.54 Å². The number of phenols is 1. The fourth-order valence-corrected chi connectivity index (χ4v) is 5.90. The second-order valence-corrected chi connectivity index (χ2v) is 9.63. The number of aryl methyl sites for hydroxylation is 1. The molecule has 3 aromatic carbocycles. The Bertz CT molecular complexity index is 1320. The first kappa shape index (κ1) is 18.9. The Labute approximate surface area is 175 Å². The van der Waals surface area contributed by atoms with Gasteiger partial charge in [-0.25, -0.2) is 8.42 Å². The monoisotopic (exact) mass is 418 g/mol. The number of para-hydroxylation sites is 1. The van der Waals surface area contributed by atoms with Crippen LogP contribution in [0, 0.1) is 6.92 Å². The van der Waals surface area contributed by atoms with Gasteiger partial charge in [0.15, 0.2) is 0 Å². The predicted octanol–water partition coefficient (Wildman–Crippen LogP) is 4.52. The third kappa shape index (κ3) is 3.00. The Morgan fingerprint density at radius 2 is 1.67 bits per heavy atom. The summed E-state index contributed by atoms with van der Waals surface area (Å²) < 4.78 is 28.8. The van der Waals surface area contributed by atoms with Crippen LogP contribution in [-0.2, 0) is 16.4 Å². The minimum absolute atomic E-state index is 0.152. The minimum atomic E-state index is -3.72. The average molecular weight is 419 g/mol. The lowest BCUT2D eigenvalue weighted by molar-refractivity contribution is 0.340. The molecule has 1 atom stereocenters. The second-order valence-electron chi connectivity index (χ2n) is 7.74. The first-order chi connectivity index (χ1) is 14.4. The number of benzene rings is 3. The number of hydrogen-bond donors (Lipinski definition) is 2. The van der Waals surface area contributed by atoms with E-state index in [4.69, 9.17) is 0 Å². The van der Waals surface area contributed by atoms with Crippen molar-refractivity contribution in [2.45, 2.75) is 24.3 Å². The molecule has 0 saturated carbocycles. The number of aromatic amines is 1. The van der Waals surface area contributed by atoms with Crippen LogP contribution in [0.1, 0.15) is 28.4 Å². The van der Waals surface area contributed by atoms with Gasteiger partial charge in [0, 0.05) is 23.1 Å². The van der Waals surface area contributed by atoms with E-state index in [9.17, 15) is 13.5 Å². The first-order valence-electron chi connectivity index (χ1n) is 9.92. The highest BCUT2D eigenvalue weighted by atomic mass is 32.2. The van der Waals surface area contributed by atoms with Gasteiger partial charge in [0.2, 0.25) is 10.0 Å². The fourth-order valence-electron chi connectivity index (χ4n) is 4.31. The van der Waals surface area contributed by atoms with E-state index in [1.165, 1.54) is 0 Å². The zero-order valence-electron chi connectivity index (χ0n) is 16.5. The Kier molecular flexibility index (Phi) is 4.41. The van der Waals surface area contributed by atoms with E-state index in [2.05, 4.69) is 11.1 Å². The smallest absolute Gasteiger partial charge is 0.244 e. The van der Waals surface area contributed by atoms with Crippen LogP contribution in [0.15, 0.2) is 77.7 Å². The molecule has 0 radical (unpaired) electrons. The Morgan fingerprint density at radius 3 is 2.40 bits per heavy atom. The van der Waals surface area contributed by atoms with Gasteiger partial charge in [-0.15, -0.1) is 0 Å². The molecule has 6 heteroatoms. The van der Waals surface area contributed by atoms with E-state index in [0.29, 0.717) is 13.0 Å². The van der Waals surface area contributed by atoms with Gasteiger partial charge in [-0.2, -0.15) is 4.31 Å². The summed E-state index contributed by atoms with van der Waals surface area (Å²) in [5.41, 5.74) is 4.88. The SMILES string of the molecule is Cc1ccc(S(=O)(=O)N2CCc3c([nH]c4ccccc34)C2c2ccc(O)cc2)cc1. The van der Waals surface area contributed by atoms with Crippen molar-refractivity contribution in [3.63, 3.8) is 0 Å². The molecule has 5 rings (SSSR count). The highest BCUT2D eigenvalue weighted by molar-refractivity contribution is 7.89. The maximum atomic E-state index is 13.6. The Morgan fingerprint density at radius 1 is 0.967 bits per heavy atom. The van der Waals surface area contributed by atoms with Gasteiger partial charge in [-0.05, 0) is 54.8 Å². The van der Waals surface area contributed by atoms with Crippen LogP contribution in [0.3, 0.4) is 0 Å². The summed E-state index contributed by atoms with van der Waals surface area (Å²) in [5.74, 6) is 0.152. The summed E-state index contributed by atoms with van der Waals surface area (Å²) in [6, 6.07) is 21.3. The summed E-state index contributed by atoms with van der Waals surface area (Å²) in [7, 11) is -3.72. The maximum Gasteiger partial charge on any atom is 0.244 e. The Hall–Kier alpha value is -3.09. The molecule has 0 spiro atoms. The maximum absolute atomic E-state index is 13.6. The van der Waals surface area contributed by atoms with Crippen molar-refractivity contribution in [1.82, 2.24) is 9.29 Å². The number of fused-ring (bicyclic) bond motifs is 3. The van der Waals surface area contributed by atoms with Gasteiger partial charge in [0.1, 0.15) is 5.75 Å². The van der Waals surface area contributed by atoms with Crippen molar-refractivity contribution in [1.29, 1.82) is 0 Å². The van der Waals surface area contributed by atoms with Crippen LogP contribution in [0.5, 0.6) is 5.75 Å². The highest BCUT2D eigenvalue weighted by Gasteiger charge is 2.39. The number of phenolic OH excluding ortho intramolecular Hbond substituents is 1. The summed E-state index contributed by atoms with van der Waals surface area (Å²) in [5, 5.41) is 10.9. The van der Waals surface area contributed by atoms with Gasteiger partial charge in [0.25, 0.3) is 0 Å². The summed E-state index contributed by atoms with van der Waals surface area (Å²) in [6.45, 7) is 2.32. The number of sulfonamides is 1. The summed E-state index contributed by atoms with van der Waals surface area (Å²) in [4.78, 5) is 3.76. The quantitative estimate of drug-likeness (QED) is 0.514. The van der Waals surface area contributed by atoms with Gasteiger partial charge < -0.3 is 10.1 Å². The van der Waals surface area contributed by atoms with E-state index in [0.717, 1.165) is 33.3 Å². The molecule has 1 aliphatic rings. The lowest BCUT2D eigenvalue weighted by atomic mass is 9.94. The molecule has 2 N–H and O–H groups in total. The molecule has 30 heavy (non-hydrogen) atoms. The van der Waals surface area contributed by atoms with Crippen LogP contribution < -0.4 is 0 Å². The zero-order chi connectivity index (χ0) is 20.9. The number of rotatable bonds is 3. The van der Waals surface area contributed by atoms with E-state index in [1.807, 2.05) is 37.3 Å². The van der Waals surface area contributed by atoms with Crippen molar-refractivity contribution in [3.05, 3.63) is 95.2 Å². The predicted molar refractivity (Wildman–Crippen MR) is 117 cm³/mol. The number of aromatic hydroxyl groups is 1. The van der Waals surface area contributed by atoms with Gasteiger partial charge in [-0.1, -0.05) is 48.0 Å². The summed E-state index contributed by atoms with van der Waals surface area (Å²) in [6.07, 6.45) is 0.638. The third-order valence-corrected chi connectivity index (χ3v) is 7.71. The molecular weight excluding hydrogens is 396 g/mol. The normalized spacial score (nSPS) is 17.2. The van der Waals surface area contributed by atoms with Gasteiger partial charge in [-0.3, -0.25) is 0 Å². The molecule has 1 unspecified atom stereocenters. The molecular formula is C24H22N2O3S. The number of nitrogens with zero attached hydrogens (tertiary/aromatic N) is 1.